The average Bonchev–Trinajstić information content (AvgIpc) is 0.900. The fourth-order valence-corrected chi connectivity index (χ4v) is 13.2. The van der Waals surface area contributed by atoms with Crippen LogP contribution < -0.4 is 0 Å². The molecule has 115 heavy (non-hydrogen) atoms. The second kappa shape index (κ2) is 87.7. The molecule has 0 fully saturated rings. The Bertz CT molecular complexity index is 2870. The summed E-state index contributed by atoms with van der Waals surface area (Å²) in [6.07, 6.45) is 116. The van der Waals surface area contributed by atoms with Crippen molar-refractivity contribution in [3.05, 3.63) is 194 Å². The number of carbonyl (C=O) groups excluding carboxylic acids is 3. The van der Waals surface area contributed by atoms with Gasteiger partial charge in [0.15, 0.2) is 6.10 Å². The Hall–Kier alpha value is -5.61. The lowest BCUT2D eigenvalue weighted by Crippen LogP contribution is -2.30. The van der Waals surface area contributed by atoms with Crippen LogP contribution in [0.1, 0.15) is 342 Å². The molecule has 5 unspecified atom stereocenters. The summed E-state index contributed by atoms with van der Waals surface area (Å²) in [7, 11) is -9.83. The van der Waals surface area contributed by atoms with Crippen LogP contribution in [0, 0.1) is 0 Å². The summed E-state index contributed by atoms with van der Waals surface area (Å²) in [5.41, 5.74) is 0. The van der Waals surface area contributed by atoms with Crippen molar-refractivity contribution in [1.82, 2.24) is 0 Å². The highest BCUT2D eigenvalue weighted by Crippen LogP contribution is 2.45. The Morgan fingerprint density at radius 2 is 0.435 bits per heavy atom. The molecule has 0 aromatic rings. The molecule has 0 rings (SSSR count). The van der Waals surface area contributed by atoms with Gasteiger partial charge in [-0.05, 0) is 161 Å². The van der Waals surface area contributed by atoms with Gasteiger partial charge in [-0.3, -0.25) is 32.5 Å². The van der Waals surface area contributed by atoms with Gasteiger partial charge < -0.3 is 34.2 Å². The number of hydrogen-bond donors (Lipinski definition) is 4. The third-order valence-corrected chi connectivity index (χ3v) is 20.2. The molecule has 5 atom stereocenters. The van der Waals surface area contributed by atoms with Crippen LogP contribution in [0.4, 0.5) is 0 Å². The third kappa shape index (κ3) is 89.0. The standard InChI is InChI=1S/C97H160O16P2/c1-4-7-10-13-16-19-22-25-28-31-34-37-40-42-43-44-45-46-47-49-52-53-56-59-62-65-68-71-74-77-80-83-95(100)107-86-92(98)87-109-114(103,104)110-88-93(99)89-111-115(105,106)112-91-94(113-97(102)85-82-79-76-73-70-67-64-61-58-55-50-39-36-33-30-27-24-21-18-15-12-9-6-3)90-108-96(101)84-81-78-75-72-69-66-63-60-57-54-51-48-41-38-35-32-29-26-23-20-17-14-11-8-5-2/h7-12,16-21,25-30,34-39,42-43,48,51,55,57-58,60,92-94,98-99H,4-6,13-15,22-24,31-33,40-41,44-47,49-50,52-54,56,59,61-91H2,1-3H3,(H,103,104)(H,105,106)/b10-7-,11-8-,12-9-,19-16-,20-17-,21-18-,28-25-,29-26-,30-27-,37-34-,38-35-,39-36-,43-42-,51-48-,58-55-,60-57-. The van der Waals surface area contributed by atoms with E-state index in [0.717, 1.165) is 205 Å². The van der Waals surface area contributed by atoms with Crippen molar-refractivity contribution in [2.45, 2.75) is 360 Å². The molecule has 654 valence electrons. The number of carbonyl (C=O) groups is 3. The van der Waals surface area contributed by atoms with Gasteiger partial charge in [0.05, 0.1) is 26.4 Å². The van der Waals surface area contributed by atoms with E-state index in [9.17, 15) is 43.5 Å². The monoisotopic (exact) mass is 1640 g/mol. The zero-order valence-corrected chi connectivity index (χ0v) is 73.7. The summed E-state index contributed by atoms with van der Waals surface area (Å²) in [6.45, 7) is 2.33. The second-order valence-corrected chi connectivity index (χ2v) is 32.2. The Morgan fingerprint density at radius 3 is 0.687 bits per heavy atom. The fourth-order valence-electron chi connectivity index (χ4n) is 11.6. The number of phosphoric ester groups is 2. The lowest BCUT2D eigenvalue weighted by molar-refractivity contribution is -0.161. The van der Waals surface area contributed by atoms with Crippen LogP contribution in [0.3, 0.4) is 0 Å². The molecule has 0 aromatic heterocycles. The molecular formula is C97H160O16P2. The van der Waals surface area contributed by atoms with E-state index in [1.807, 2.05) is 0 Å². The number of phosphoric acid groups is 2. The van der Waals surface area contributed by atoms with Crippen molar-refractivity contribution in [3.8, 4) is 0 Å². The van der Waals surface area contributed by atoms with E-state index in [1.165, 1.54) is 77.0 Å². The first kappa shape index (κ1) is 109. The Kier molecular flexibility index (Phi) is 83.4. The van der Waals surface area contributed by atoms with Gasteiger partial charge in [0.25, 0.3) is 0 Å². The van der Waals surface area contributed by atoms with Gasteiger partial charge in [0.2, 0.25) is 0 Å². The van der Waals surface area contributed by atoms with E-state index in [2.05, 4.69) is 215 Å². The average molecular weight is 1640 g/mol. The van der Waals surface area contributed by atoms with Crippen LogP contribution >= 0.6 is 15.6 Å². The van der Waals surface area contributed by atoms with Gasteiger partial charge in [-0.15, -0.1) is 0 Å². The summed E-state index contributed by atoms with van der Waals surface area (Å²) in [5.74, 6) is -1.61. The van der Waals surface area contributed by atoms with Crippen molar-refractivity contribution in [3.63, 3.8) is 0 Å². The lowest BCUT2D eigenvalue weighted by atomic mass is 10.0. The fraction of sp³-hybridized carbons (Fsp3) is 0.639. The van der Waals surface area contributed by atoms with Crippen LogP contribution in [0.25, 0.3) is 0 Å². The van der Waals surface area contributed by atoms with Crippen molar-refractivity contribution in [2.24, 2.45) is 0 Å². The maximum Gasteiger partial charge on any atom is 0.472 e. The van der Waals surface area contributed by atoms with Crippen molar-refractivity contribution < 1.29 is 75.8 Å². The van der Waals surface area contributed by atoms with E-state index in [-0.39, 0.29) is 19.3 Å². The molecule has 0 aliphatic rings. The molecule has 0 bridgehead atoms. The first-order chi connectivity index (χ1) is 56.2. The molecule has 0 saturated heterocycles. The first-order valence-electron chi connectivity index (χ1n) is 44.7. The smallest absolute Gasteiger partial charge is 0.463 e. The Balaban J connectivity index is 4.65. The summed E-state index contributed by atoms with van der Waals surface area (Å²) < 4.78 is 61.4. The number of allylic oxidation sites excluding steroid dienone is 32. The van der Waals surface area contributed by atoms with Crippen molar-refractivity contribution >= 4 is 33.6 Å². The number of ether oxygens (including phenoxy) is 3. The largest absolute Gasteiger partial charge is 0.472 e. The number of aliphatic hydroxyl groups excluding tert-OH is 2. The number of unbranched alkanes of at least 4 members (excludes halogenated alkanes) is 28. The molecule has 16 nitrogen and oxygen atoms in total. The summed E-state index contributed by atoms with van der Waals surface area (Å²) >= 11 is 0. The zero-order valence-electron chi connectivity index (χ0n) is 71.9. The predicted octanol–water partition coefficient (Wildman–Crippen LogP) is 27.4. The molecule has 4 N–H and O–H groups in total. The Morgan fingerprint density at radius 1 is 0.243 bits per heavy atom. The molecule has 0 aliphatic heterocycles. The Labute approximate surface area is 699 Å². The third-order valence-electron chi connectivity index (χ3n) is 18.3. The first-order valence-corrected chi connectivity index (χ1v) is 47.7. The number of esters is 3. The van der Waals surface area contributed by atoms with Crippen LogP contribution in [-0.2, 0) is 55.8 Å². The van der Waals surface area contributed by atoms with E-state index in [4.69, 9.17) is 32.3 Å². The summed E-state index contributed by atoms with van der Waals surface area (Å²) in [5, 5.41) is 20.7. The van der Waals surface area contributed by atoms with Crippen LogP contribution in [-0.4, -0.2) is 95.9 Å². The normalized spacial score (nSPS) is 14.7. The van der Waals surface area contributed by atoms with Crippen molar-refractivity contribution in [2.75, 3.05) is 39.6 Å². The number of rotatable bonds is 83. The van der Waals surface area contributed by atoms with E-state index < -0.39 is 91.5 Å². The highest BCUT2D eigenvalue weighted by Gasteiger charge is 2.29. The summed E-state index contributed by atoms with van der Waals surface area (Å²) in [6, 6.07) is 0. The van der Waals surface area contributed by atoms with Crippen molar-refractivity contribution in [1.29, 1.82) is 0 Å². The maximum atomic E-state index is 13.1. The number of aliphatic hydroxyl groups is 2. The molecular weight excluding hydrogens is 1480 g/mol. The van der Waals surface area contributed by atoms with Crippen LogP contribution in [0.15, 0.2) is 194 Å². The van der Waals surface area contributed by atoms with Gasteiger partial charge in [-0.1, -0.05) is 356 Å². The van der Waals surface area contributed by atoms with Gasteiger partial charge in [0.1, 0.15) is 25.4 Å². The molecule has 0 amide bonds. The summed E-state index contributed by atoms with van der Waals surface area (Å²) in [4.78, 5) is 59.0. The molecule has 0 spiro atoms. The van der Waals surface area contributed by atoms with Crippen LogP contribution in [0.5, 0.6) is 0 Å². The molecule has 0 heterocycles. The van der Waals surface area contributed by atoms with E-state index in [0.29, 0.717) is 19.3 Å². The number of hydrogen-bond acceptors (Lipinski definition) is 14. The molecule has 0 aromatic carbocycles. The minimum atomic E-state index is -4.95. The SMILES string of the molecule is CC/C=C\C/C=C\C/C=C\C/C=C\C/C=C\C/C=C\CCCCCCCCC(=O)OCC(COP(=O)(O)OCC(O)COP(=O)(O)OCC(O)COC(=O)CCCCCCCCCCCCCCCCC/C=C\C/C=C\C/C=C\C/C=C\C/C=C\CC)OC(=O)CCCCCCCCC/C=C\C/C=C\C/C=C\C/C=C\C/C=C\CC. The van der Waals surface area contributed by atoms with Gasteiger partial charge in [-0.2, -0.15) is 0 Å². The highest BCUT2D eigenvalue weighted by molar-refractivity contribution is 7.47. The molecule has 0 saturated carbocycles. The van der Waals surface area contributed by atoms with E-state index in [1.54, 1.807) is 0 Å². The minimum Gasteiger partial charge on any atom is -0.463 e. The molecule has 18 heteroatoms. The van der Waals surface area contributed by atoms with Gasteiger partial charge in [0, 0.05) is 19.3 Å². The topological polar surface area (TPSA) is 231 Å². The maximum absolute atomic E-state index is 13.1. The molecule has 0 aliphatic carbocycles. The second-order valence-electron chi connectivity index (χ2n) is 29.3. The minimum absolute atomic E-state index is 0.0807. The van der Waals surface area contributed by atoms with Gasteiger partial charge in [-0.25, -0.2) is 9.13 Å². The van der Waals surface area contributed by atoms with Crippen LogP contribution in [0.2, 0.25) is 0 Å². The molecule has 0 radical (unpaired) electrons. The predicted molar refractivity (Wildman–Crippen MR) is 481 cm³/mol. The lowest BCUT2D eigenvalue weighted by Gasteiger charge is -2.21. The van der Waals surface area contributed by atoms with Gasteiger partial charge >= 0.3 is 33.6 Å². The highest BCUT2D eigenvalue weighted by atomic mass is 31.2. The quantitative estimate of drug-likeness (QED) is 0.0146. The zero-order chi connectivity index (χ0) is 83.6. The van der Waals surface area contributed by atoms with E-state index >= 15 is 0 Å².